The fraction of sp³-hybridized carbons (Fsp3) is 0. The van der Waals surface area contributed by atoms with Crippen LogP contribution in [0.3, 0.4) is 0 Å². The molecule has 0 saturated carbocycles. The fourth-order valence-electron chi connectivity index (χ4n) is 0. The standard InChI is InChI=1S/BH2O4P.2H3N/c1-5-6(2,3)4;;/h(H2,2,3,4);2*1H3. The highest BCUT2D eigenvalue weighted by atomic mass is 31.2. The van der Waals surface area contributed by atoms with E-state index < -0.39 is 7.82 Å². The smallest absolute Gasteiger partial charge is 0.362 e. The predicted molar refractivity (Wildman–Crippen MR) is 28.9 cm³/mol. The molecule has 0 aromatic rings. The summed E-state index contributed by atoms with van der Waals surface area (Å²) in [6.45, 7) is 0. The zero-order valence-electron chi connectivity index (χ0n) is 4.15. The van der Waals surface area contributed by atoms with Crippen LogP contribution in [0.4, 0.5) is 0 Å². The predicted octanol–water partition coefficient (Wildman–Crippen LogP) is -0.497. The Labute approximate surface area is 48.1 Å². The summed E-state index contributed by atoms with van der Waals surface area (Å²) in [4.78, 5) is 15.2. The van der Waals surface area contributed by atoms with E-state index in [1.54, 1.807) is 0 Å². The van der Waals surface area contributed by atoms with Crippen LogP contribution < -0.4 is 12.3 Å². The van der Waals surface area contributed by atoms with Crippen LogP contribution in [0.25, 0.3) is 0 Å². The minimum Gasteiger partial charge on any atom is -0.362 e. The Morgan fingerprint density at radius 3 is 1.50 bits per heavy atom. The molecule has 0 saturated heterocycles. The molecule has 0 atom stereocenters. The van der Waals surface area contributed by atoms with Crippen molar-refractivity contribution < 1.29 is 18.8 Å². The van der Waals surface area contributed by atoms with Gasteiger partial charge in [0, 0.05) is 0 Å². The van der Waals surface area contributed by atoms with Gasteiger partial charge in [0.15, 0.2) is 0 Å². The van der Waals surface area contributed by atoms with Crippen LogP contribution in [0.1, 0.15) is 0 Å². The maximum atomic E-state index is 9.35. The van der Waals surface area contributed by atoms with Gasteiger partial charge in [0.05, 0.1) is 0 Å². The van der Waals surface area contributed by atoms with Crippen LogP contribution in [0.5, 0.6) is 0 Å². The highest BCUT2D eigenvalue weighted by Gasteiger charge is 2.06. The first-order valence-corrected chi connectivity index (χ1v) is 2.53. The molecule has 0 aromatic heterocycles. The minimum absolute atomic E-state index is 0. The molecule has 0 spiro atoms. The Kier molecular flexibility index (Phi) is 10.3. The van der Waals surface area contributed by atoms with Crippen molar-refractivity contribution in [3.05, 3.63) is 0 Å². The van der Waals surface area contributed by atoms with Gasteiger partial charge in [-0.25, -0.2) is 4.57 Å². The average molecular weight is 142 g/mol. The van der Waals surface area contributed by atoms with Crippen molar-refractivity contribution >= 4 is 15.9 Å². The molecule has 0 fully saturated rings. The Morgan fingerprint density at radius 1 is 1.38 bits per heavy atom. The van der Waals surface area contributed by atoms with Crippen molar-refractivity contribution in [3.8, 4) is 0 Å². The molecule has 2 radical (unpaired) electrons. The van der Waals surface area contributed by atoms with Crippen molar-refractivity contribution in [1.82, 2.24) is 12.3 Å². The summed E-state index contributed by atoms with van der Waals surface area (Å²) in [5, 5.41) is 0. The first-order valence-electron chi connectivity index (χ1n) is 1.00. The van der Waals surface area contributed by atoms with E-state index in [0.717, 1.165) is 0 Å². The number of phosphoric acid groups is 1. The van der Waals surface area contributed by atoms with Crippen LogP contribution in [-0.2, 0) is 9.01 Å². The number of rotatable bonds is 1. The van der Waals surface area contributed by atoms with Crippen LogP contribution >= 0.6 is 7.82 Å². The molecule has 50 valence electrons. The van der Waals surface area contributed by atoms with Gasteiger partial charge >= 0.3 is 7.82 Å². The quantitative estimate of drug-likeness (QED) is 0.287. The van der Waals surface area contributed by atoms with E-state index in [0.29, 0.717) is 0 Å². The first kappa shape index (κ1) is 15.7. The van der Waals surface area contributed by atoms with Crippen LogP contribution in [-0.4, -0.2) is 17.8 Å². The molecule has 6 nitrogen and oxygen atoms in total. The molecule has 0 bridgehead atoms. The van der Waals surface area contributed by atoms with Gasteiger partial charge in [0.1, 0.15) is 0 Å². The average Bonchev–Trinajstić information content (AvgIpc) is 1.35. The van der Waals surface area contributed by atoms with Crippen molar-refractivity contribution in [1.29, 1.82) is 0 Å². The number of hydrogen-bond acceptors (Lipinski definition) is 4. The normalized spacial score (nSPS) is 8.75. The molecule has 8 heteroatoms. The topological polar surface area (TPSA) is 137 Å². The second-order valence-electron chi connectivity index (χ2n) is 0.596. The molecule has 0 unspecified atom stereocenters. The van der Waals surface area contributed by atoms with Gasteiger partial charge in [-0.2, -0.15) is 0 Å². The van der Waals surface area contributed by atoms with Crippen molar-refractivity contribution in [2.75, 3.05) is 0 Å². The summed E-state index contributed by atoms with van der Waals surface area (Å²) in [5.41, 5.74) is 0. The van der Waals surface area contributed by atoms with Gasteiger partial charge in [0.2, 0.25) is 0 Å². The highest BCUT2D eigenvalue weighted by Crippen LogP contribution is 2.33. The largest absolute Gasteiger partial charge is 0.454 e. The summed E-state index contributed by atoms with van der Waals surface area (Å²) in [5.74, 6) is 0. The SMILES string of the molecule is N.N.[B]OP(=O)(O)O. The van der Waals surface area contributed by atoms with Gasteiger partial charge in [-0.05, 0) is 0 Å². The van der Waals surface area contributed by atoms with Crippen molar-refractivity contribution in [3.63, 3.8) is 0 Å². The molecule has 0 aliphatic rings. The highest BCUT2D eigenvalue weighted by molar-refractivity contribution is 7.47. The lowest BCUT2D eigenvalue weighted by Gasteiger charge is -1.94. The Morgan fingerprint density at radius 2 is 1.50 bits per heavy atom. The third-order valence-electron chi connectivity index (χ3n) is 0.137. The molecule has 0 heterocycles. The summed E-state index contributed by atoms with van der Waals surface area (Å²) in [6.07, 6.45) is 0. The zero-order chi connectivity index (χ0) is 5.21. The Bertz CT molecular complexity index is 78.1. The molecule has 0 aliphatic carbocycles. The molecule has 0 aromatic carbocycles. The van der Waals surface area contributed by atoms with Crippen LogP contribution in [0, 0.1) is 0 Å². The molecular weight excluding hydrogens is 134 g/mol. The molecular formula is H8BN2O4P. The van der Waals surface area contributed by atoms with E-state index in [1.165, 1.54) is 0 Å². The third kappa shape index (κ3) is 16.5. The van der Waals surface area contributed by atoms with Crippen LogP contribution in [0.2, 0.25) is 0 Å². The van der Waals surface area contributed by atoms with E-state index in [2.05, 4.69) is 12.5 Å². The molecule has 0 rings (SSSR count). The van der Waals surface area contributed by atoms with Crippen LogP contribution in [0.15, 0.2) is 0 Å². The first-order chi connectivity index (χ1) is 2.56. The maximum Gasteiger partial charge on any atom is 0.454 e. The van der Waals surface area contributed by atoms with E-state index in [1.807, 2.05) is 0 Å². The third-order valence-corrected chi connectivity index (χ3v) is 0.412. The summed E-state index contributed by atoms with van der Waals surface area (Å²) < 4.78 is 12.5. The monoisotopic (exact) mass is 142 g/mol. The Hall–Kier alpha value is 0.0949. The Balaban J connectivity index is -0.000000125. The molecule has 0 amide bonds. The molecule has 8 heavy (non-hydrogen) atoms. The van der Waals surface area contributed by atoms with Crippen molar-refractivity contribution in [2.24, 2.45) is 0 Å². The van der Waals surface area contributed by atoms with Gasteiger partial charge in [-0.1, -0.05) is 0 Å². The zero-order valence-corrected chi connectivity index (χ0v) is 5.04. The van der Waals surface area contributed by atoms with Gasteiger partial charge in [-0.3, -0.25) is 0 Å². The van der Waals surface area contributed by atoms with Gasteiger partial charge in [-0.15, -0.1) is 0 Å². The molecule has 8 N–H and O–H groups in total. The number of hydrogen-bond donors (Lipinski definition) is 4. The molecule has 0 aliphatic heterocycles. The second kappa shape index (κ2) is 5.24. The fourth-order valence-corrected chi connectivity index (χ4v) is 0. The van der Waals surface area contributed by atoms with E-state index in [9.17, 15) is 4.57 Å². The summed E-state index contributed by atoms with van der Waals surface area (Å²) >= 11 is 0. The lowest BCUT2D eigenvalue weighted by molar-refractivity contribution is 0.292. The lowest BCUT2D eigenvalue weighted by Crippen LogP contribution is -1.78. The maximum absolute atomic E-state index is 9.35. The van der Waals surface area contributed by atoms with E-state index >= 15 is 0 Å². The van der Waals surface area contributed by atoms with E-state index in [-0.39, 0.29) is 12.3 Å². The van der Waals surface area contributed by atoms with E-state index in [4.69, 9.17) is 9.79 Å². The summed E-state index contributed by atoms with van der Waals surface area (Å²) in [7, 11) is -0.326. The van der Waals surface area contributed by atoms with Gasteiger partial charge in [0.25, 0.3) is 8.05 Å². The summed E-state index contributed by atoms with van der Waals surface area (Å²) in [6, 6.07) is 0. The van der Waals surface area contributed by atoms with Crippen molar-refractivity contribution in [2.45, 2.75) is 0 Å². The minimum atomic E-state index is -4.37. The second-order valence-corrected chi connectivity index (χ2v) is 1.79. The van der Waals surface area contributed by atoms with Gasteiger partial charge < -0.3 is 26.5 Å². The lowest BCUT2D eigenvalue weighted by atomic mass is 10.6.